The normalized spacial score (nSPS) is 10.0. The Bertz CT molecular complexity index is 1490. The van der Waals surface area contributed by atoms with Crippen molar-refractivity contribution in [3.05, 3.63) is 72.4 Å². The van der Waals surface area contributed by atoms with Crippen LogP contribution in [0.3, 0.4) is 0 Å². The summed E-state index contributed by atoms with van der Waals surface area (Å²) in [4.78, 5) is 16.0. The summed E-state index contributed by atoms with van der Waals surface area (Å²) in [7, 11) is 3.11. The lowest BCUT2D eigenvalue weighted by Crippen LogP contribution is -2.24. The summed E-state index contributed by atoms with van der Waals surface area (Å²) < 4.78 is 22.9. The number of fused-ring (bicyclic) bond motifs is 1. The molecule has 0 saturated carbocycles. The van der Waals surface area contributed by atoms with Crippen LogP contribution < -0.4 is 29.6 Å². The molecule has 0 bridgehead atoms. The number of ether oxygens (including phenoxy) is 4. The van der Waals surface area contributed by atoms with Crippen LogP contribution >= 0.6 is 11.6 Å². The van der Waals surface area contributed by atoms with Gasteiger partial charge in [-0.1, -0.05) is 26.0 Å². The van der Waals surface area contributed by atoms with Gasteiger partial charge in [0, 0.05) is 36.3 Å². The van der Waals surface area contributed by atoms with Gasteiger partial charge in [0.05, 0.1) is 30.5 Å². The standard InChI is InChI=1S/C29H27ClN4O5.C2H6/c1-32-28(35)18-38-24-6-3-4-7-25(24)39-21-10-8-20(9-11-21)34-29-19(16-31)17-33-23-15-27(37-13-5-12-30)26(36-2)14-22(23)29;1-2/h3-4,6-11,14-15,17H,5,12-13,18H2,1-2H3,(H,32,35)(H,33,34);1-2H3. The highest BCUT2D eigenvalue weighted by molar-refractivity contribution is 6.17. The van der Waals surface area contributed by atoms with Gasteiger partial charge in [-0.3, -0.25) is 9.78 Å². The number of pyridine rings is 1. The number of hydrogen-bond acceptors (Lipinski definition) is 8. The van der Waals surface area contributed by atoms with Gasteiger partial charge in [0.25, 0.3) is 5.91 Å². The topological polar surface area (TPSA) is 115 Å². The summed E-state index contributed by atoms with van der Waals surface area (Å²) in [6.45, 7) is 4.33. The van der Waals surface area contributed by atoms with Crippen molar-refractivity contribution in [3.63, 3.8) is 0 Å². The number of nitrogens with zero attached hydrogens (tertiary/aromatic N) is 2. The van der Waals surface area contributed by atoms with Crippen molar-refractivity contribution in [3.8, 4) is 34.8 Å². The first-order valence-electron chi connectivity index (χ1n) is 13.1. The van der Waals surface area contributed by atoms with Crippen LogP contribution in [0.4, 0.5) is 11.4 Å². The smallest absolute Gasteiger partial charge is 0.257 e. The fourth-order valence-electron chi connectivity index (χ4n) is 3.68. The zero-order valence-electron chi connectivity index (χ0n) is 23.5. The zero-order chi connectivity index (χ0) is 29.6. The van der Waals surface area contributed by atoms with E-state index in [4.69, 9.17) is 30.5 Å². The Hall–Kier alpha value is -4.68. The summed E-state index contributed by atoms with van der Waals surface area (Å²) in [5.41, 5.74) is 2.35. The summed E-state index contributed by atoms with van der Waals surface area (Å²) in [5.74, 6) is 2.83. The molecule has 2 N–H and O–H groups in total. The molecule has 10 heteroatoms. The molecule has 0 aliphatic rings. The Labute approximate surface area is 245 Å². The summed E-state index contributed by atoms with van der Waals surface area (Å²) in [5, 5.41) is 16.3. The van der Waals surface area contributed by atoms with Crippen LogP contribution in [0.25, 0.3) is 10.9 Å². The molecule has 1 amide bonds. The molecule has 0 radical (unpaired) electrons. The third-order valence-corrected chi connectivity index (χ3v) is 5.91. The molecule has 0 aliphatic heterocycles. The Morgan fingerprint density at radius 2 is 1.73 bits per heavy atom. The number of rotatable bonds is 12. The number of hydrogen-bond donors (Lipinski definition) is 2. The predicted molar refractivity (Wildman–Crippen MR) is 161 cm³/mol. The molecule has 1 heterocycles. The molecule has 0 aliphatic carbocycles. The lowest BCUT2D eigenvalue weighted by Gasteiger charge is -2.16. The van der Waals surface area contributed by atoms with E-state index in [0.717, 1.165) is 5.69 Å². The average molecular weight is 577 g/mol. The first kappa shape index (κ1) is 30.9. The molecule has 4 aromatic rings. The van der Waals surface area contributed by atoms with Crippen LogP contribution in [0.2, 0.25) is 0 Å². The van der Waals surface area contributed by atoms with Gasteiger partial charge in [-0.05, 0) is 48.9 Å². The molecule has 0 spiro atoms. The molecule has 0 atom stereocenters. The highest BCUT2D eigenvalue weighted by atomic mass is 35.5. The maximum absolute atomic E-state index is 11.6. The number of alkyl halides is 1. The lowest BCUT2D eigenvalue weighted by molar-refractivity contribution is -0.122. The van der Waals surface area contributed by atoms with Crippen LogP contribution in [0.5, 0.6) is 28.7 Å². The van der Waals surface area contributed by atoms with Crippen molar-refractivity contribution in [1.82, 2.24) is 10.3 Å². The third kappa shape index (κ3) is 8.16. The Kier molecular flexibility index (Phi) is 11.9. The van der Waals surface area contributed by atoms with E-state index in [1.165, 1.54) is 6.20 Å². The molecule has 0 fully saturated rings. The van der Waals surface area contributed by atoms with Crippen molar-refractivity contribution < 1.29 is 23.7 Å². The Balaban J connectivity index is 0.00000226. The molecule has 41 heavy (non-hydrogen) atoms. The van der Waals surface area contributed by atoms with Crippen LogP contribution in [-0.2, 0) is 4.79 Å². The molecular weight excluding hydrogens is 544 g/mol. The molecule has 3 aromatic carbocycles. The monoisotopic (exact) mass is 576 g/mol. The average Bonchev–Trinajstić information content (AvgIpc) is 3.02. The Morgan fingerprint density at radius 3 is 2.39 bits per heavy atom. The SMILES string of the molecule is CC.CNC(=O)COc1ccccc1Oc1ccc(Nc2c(C#N)cnc3cc(OCCCCl)c(OC)cc23)cc1. The zero-order valence-corrected chi connectivity index (χ0v) is 24.2. The number of methoxy groups -OCH3 is 1. The number of amides is 1. The Morgan fingerprint density at radius 1 is 1.00 bits per heavy atom. The van der Waals surface area contributed by atoms with E-state index in [9.17, 15) is 10.1 Å². The van der Waals surface area contributed by atoms with Gasteiger partial charge in [0.2, 0.25) is 0 Å². The maximum Gasteiger partial charge on any atom is 0.257 e. The van der Waals surface area contributed by atoms with Gasteiger partial charge in [-0.15, -0.1) is 11.6 Å². The molecule has 1 aromatic heterocycles. The number of likely N-dealkylation sites (N-methyl/N-ethyl adjacent to an activating group) is 1. The van der Waals surface area contributed by atoms with Gasteiger partial charge in [-0.2, -0.15) is 5.26 Å². The molecule has 0 unspecified atom stereocenters. The molecular formula is C31H33ClN4O5. The van der Waals surface area contributed by atoms with E-state index < -0.39 is 0 Å². The van der Waals surface area contributed by atoms with E-state index in [1.54, 1.807) is 56.6 Å². The van der Waals surface area contributed by atoms with E-state index >= 15 is 0 Å². The highest BCUT2D eigenvalue weighted by Crippen LogP contribution is 2.38. The fourth-order valence-corrected chi connectivity index (χ4v) is 3.78. The predicted octanol–water partition coefficient (Wildman–Crippen LogP) is 6.81. The number of benzene rings is 3. The van der Waals surface area contributed by atoms with Crippen molar-refractivity contribution >= 4 is 39.8 Å². The number of carbonyl (C=O) groups is 1. The van der Waals surface area contributed by atoms with Crippen molar-refractivity contribution in [2.45, 2.75) is 20.3 Å². The second-order valence-electron chi connectivity index (χ2n) is 8.23. The molecule has 0 saturated heterocycles. The summed E-state index contributed by atoms with van der Waals surface area (Å²) >= 11 is 5.76. The van der Waals surface area contributed by atoms with Gasteiger partial charge in [0.15, 0.2) is 29.6 Å². The molecule has 9 nitrogen and oxygen atoms in total. The van der Waals surface area contributed by atoms with Crippen LogP contribution in [0, 0.1) is 11.3 Å². The van der Waals surface area contributed by atoms with Gasteiger partial charge >= 0.3 is 0 Å². The quantitative estimate of drug-likeness (QED) is 0.140. The van der Waals surface area contributed by atoms with Crippen LogP contribution in [0.1, 0.15) is 25.8 Å². The number of nitriles is 1. The first-order chi connectivity index (χ1) is 20.1. The summed E-state index contributed by atoms with van der Waals surface area (Å²) in [6, 6.07) is 20.1. The first-order valence-corrected chi connectivity index (χ1v) is 13.7. The van der Waals surface area contributed by atoms with Crippen molar-refractivity contribution in [2.24, 2.45) is 0 Å². The van der Waals surface area contributed by atoms with Gasteiger partial charge in [-0.25, -0.2) is 0 Å². The van der Waals surface area contributed by atoms with Gasteiger partial charge in [0.1, 0.15) is 11.8 Å². The number of nitrogens with one attached hydrogen (secondary N) is 2. The molecule has 4 rings (SSSR count). The number of aromatic nitrogens is 1. The minimum atomic E-state index is -0.242. The van der Waals surface area contributed by atoms with E-state index in [2.05, 4.69) is 21.7 Å². The number of halogens is 1. The maximum atomic E-state index is 11.6. The number of carbonyl (C=O) groups excluding carboxylic acids is 1. The lowest BCUT2D eigenvalue weighted by atomic mass is 10.1. The minimum Gasteiger partial charge on any atom is -0.493 e. The van der Waals surface area contributed by atoms with Crippen LogP contribution in [0.15, 0.2) is 66.9 Å². The minimum absolute atomic E-state index is 0.118. The molecule has 214 valence electrons. The van der Waals surface area contributed by atoms with Crippen molar-refractivity contribution in [2.75, 3.05) is 38.6 Å². The van der Waals surface area contributed by atoms with E-state index in [0.29, 0.717) is 69.8 Å². The van der Waals surface area contributed by atoms with Crippen molar-refractivity contribution in [1.29, 1.82) is 5.26 Å². The largest absolute Gasteiger partial charge is 0.493 e. The fraction of sp³-hybridized carbons (Fsp3) is 0.258. The van der Waals surface area contributed by atoms with Gasteiger partial charge < -0.3 is 29.6 Å². The third-order valence-electron chi connectivity index (χ3n) is 5.65. The second-order valence-corrected chi connectivity index (χ2v) is 8.61. The van der Waals surface area contributed by atoms with E-state index in [-0.39, 0.29) is 12.5 Å². The second kappa shape index (κ2) is 15.8. The summed E-state index contributed by atoms with van der Waals surface area (Å²) in [6.07, 6.45) is 2.22. The number of anilines is 2. The number of para-hydroxylation sites is 2. The van der Waals surface area contributed by atoms with E-state index in [1.807, 2.05) is 32.0 Å². The highest BCUT2D eigenvalue weighted by Gasteiger charge is 2.15. The van der Waals surface area contributed by atoms with Crippen LogP contribution in [-0.4, -0.2) is 44.1 Å².